The molecule has 16 heavy (non-hydrogen) atoms. The molecule has 86 valence electrons. The van der Waals surface area contributed by atoms with Gasteiger partial charge in [-0.1, -0.05) is 6.07 Å². The summed E-state index contributed by atoms with van der Waals surface area (Å²) in [5, 5.41) is 6.11. The van der Waals surface area contributed by atoms with Crippen molar-refractivity contribution in [2.45, 2.75) is 19.9 Å². The lowest BCUT2D eigenvalue weighted by Gasteiger charge is -2.09. The monoisotopic (exact) mass is 219 g/mol. The van der Waals surface area contributed by atoms with Crippen LogP contribution in [0.15, 0.2) is 18.2 Å². The van der Waals surface area contributed by atoms with Crippen molar-refractivity contribution in [3.05, 3.63) is 29.6 Å². The summed E-state index contributed by atoms with van der Waals surface area (Å²) in [6, 6.07) is 5.84. The minimum atomic E-state index is 0.129. The van der Waals surface area contributed by atoms with E-state index in [-0.39, 0.29) is 11.8 Å². The van der Waals surface area contributed by atoms with Crippen LogP contribution in [0.25, 0.3) is 0 Å². The van der Waals surface area contributed by atoms with Gasteiger partial charge in [-0.15, -0.1) is 0 Å². The quantitative estimate of drug-likeness (QED) is 0.783. The van der Waals surface area contributed by atoms with Crippen molar-refractivity contribution in [3.8, 4) is 0 Å². The zero-order chi connectivity index (χ0) is 11.4. The van der Waals surface area contributed by atoms with Crippen molar-refractivity contribution in [1.82, 2.24) is 15.6 Å². The molecule has 4 heteroatoms. The first-order valence-electron chi connectivity index (χ1n) is 5.66. The van der Waals surface area contributed by atoms with E-state index < -0.39 is 0 Å². The first-order valence-corrected chi connectivity index (χ1v) is 5.66. The molecule has 1 fully saturated rings. The molecule has 1 aromatic rings. The van der Waals surface area contributed by atoms with Gasteiger partial charge in [0.05, 0.1) is 18.2 Å². The first kappa shape index (κ1) is 11.1. The highest BCUT2D eigenvalue weighted by Crippen LogP contribution is 2.07. The van der Waals surface area contributed by atoms with Crippen LogP contribution in [0.2, 0.25) is 0 Å². The van der Waals surface area contributed by atoms with E-state index in [0.717, 1.165) is 30.9 Å². The Morgan fingerprint density at radius 2 is 2.50 bits per heavy atom. The molecule has 1 aromatic heterocycles. The highest BCUT2D eigenvalue weighted by molar-refractivity contribution is 5.79. The van der Waals surface area contributed by atoms with Crippen LogP contribution in [0, 0.1) is 12.8 Å². The molecule has 2 rings (SSSR count). The fourth-order valence-electron chi connectivity index (χ4n) is 1.90. The van der Waals surface area contributed by atoms with Crippen LogP contribution in [0.4, 0.5) is 0 Å². The molecular formula is C12H17N3O. The number of hydrogen-bond acceptors (Lipinski definition) is 3. The summed E-state index contributed by atoms with van der Waals surface area (Å²) >= 11 is 0. The zero-order valence-corrected chi connectivity index (χ0v) is 9.49. The van der Waals surface area contributed by atoms with E-state index in [9.17, 15) is 4.79 Å². The van der Waals surface area contributed by atoms with Crippen LogP contribution < -0.4 is 10.6 Å². The second-order valence-corrected chi connectivity index (χ2v) is 4.18. The summed E-state index contributed by atoms with van der Waals surface area (Å²) in [4.78, 5) is 16.1. The maximum atomic E-state index is 11.7. The molecule has 1 atom stereocenters. The van der Waals surface area contributed by atoms with Gasteiger partial charge in [0, 0.05) is 12.2 Å². The van der Waals surface area contributed by atoms with Crippen LogP contribution in [0.3, 0.4) is 0 Å². The van der Waals surface area contributed by atoms with Gasteiger partial charge in [-0.05, 0) is 32.0 Å². The SMILES string of the molecule is Cc1cccc(CNC(=O)C2CCNC2)n1. The van der Waals surface area contributed by atoms with E-state index in [2.05, 4.69) is 15.6 Å². The predicted molar refractivity (Wildman–Crippen MR) is 61.8 cm³/mol. The van der Waals surface area contributed by atoms with E-state index in [1.165, 1.54) is 0 Å². The standard InChI is InChI=1S/C12H17N3O/c1-9-3-2-4-11(15-9)8-14-12(16)10-5-6-13-7-10/h2-4,10,13H,5-8H2,1H3,(H,14,16). The number of aryl methyl sites for hydroxylation is 1. The van der Waals surface area contributed by atoms with Crippen molar-refractivity contribution in [2.75, 3.05) is 13.1 Å². The number of nitrogens with one attached hydrogen (secondary N) is 2. The molecule has 1 aliphatic heterocycles. The number of amides is 1. The average Bonchev–Trinajstić information content (AvgIpc) is 2.79. The molecule has 1 aliphatic rings. The van der Waals surface area contributed by atoms with Crippen LogP contribution in [-0.4, -0.2) is 24.0 Å². The maximum Gasteiger partial charge on any atom is 0.224 e. The van der Waals surface area contributed by atoms with Crippen LogP contribution in [0.1, 0.15) is 17.8 Å². The third-order valence-corrected chi connectivity index (χ3v) is 2.82. The van der Waals surface area contributed by atoms with Crippen LogP contribution >= 0.6 is 0 Å². The summed E-state index contributed by atoms with van der Waals surface area (Å²) in [5.41, 5.74) is 1.90. The molecular weight excluding hydrogens is 202 g/mol. The molecule has 1 saturated heterocycles. The normalized spacial score (nSPS) is 19.7. The lowest BCUT2D eigenvalue weighted by Crippen LogP contribution is -2.31. The molecule has 0 radical (unpaired) electrons. The number of carbonyl (C=O) groups is 1. The van der Waals surface area contributed by atoms with Crippen molar-refractivity contribution in [1.29, 1.82) is 0 Å². The van der Waals surface area contributed by atoms with E-state index in [0.29, 0.717) is 6.54 Å². The largest absolute Gasteiger partial charge is 0.350 e. The molecule has 0 spiro atoms. The Kier molecular flexibility index (Phi) is 3.51. The zero-order valence-electron chi connectivity index (χ0n) is 9.49. The molecule has 1 amide bonds. The van der Waals surface area contributed by atoms with Crippen molar-refractivity contribution in [3.63, 3.8) is 0 Å². The fourth-order valence-corrected chi connectivity index (χ4v) is 1.90. The average molecular weight is 219 g/mol. The Morgan fingerprint density at radius 3 is 3.19 bits per heavy atom. The second-order valence-electron chi connectivity index (χ2n) is 4.18. The number of nitrogens with zero attached hydrogens (tertiary/aromatic N) is 1. The van der Waals surface area contributed by atoms with E-state index in [1.54, 1.807) is 0 Å². The maximum absolute atomic E-state index is 11.7. The Hall–Kier alpha value is -1.42. The molecule has 0 saturated carbocycles. The molecule has 0 aromatic carbocycles. The lowest BCUT2D eigenvalue weighted by molar-refractivity contribution is -0.124. The summed E-state index contributed by atoms with van der Waals surface area (Å²) in [6.07, 6.45) is 0.938. The van der Waals surface area contributed by atoms with Gasteiger partial charge in [0.2, 0.25) is 5.91 Å². The molecule has 0 aliphatic carbocycles. The van der Waals surface area contributed by atoms with Gasteiger partial charge in [0.1, 0.15) is 0 Å². The molecule has 0 bridgehead atoms. The van der Waals surface area contributed by atoms with Crippen molar-refractivity contribution >= 4 is 5.91 Å². The summed E-state index contributed by atoms with van der Waals surface area (Å²) in [5.74, 6) is 0.262. The third-order valence-electron chi connectivity index (χ3n) is 2.82. The number of aromatic nitrogens is 1. The highest BCUT2D eigenvalue weighted by Gasteiger charge is 2.21. The van der Waals surface area contributed by atoms with Crippen molar-refractivity contribution < 1.29 is 4.79 Å². The van der Waals surface area contributed by atoms with E-state index in [4.69, 9.17) is 0 Å². The van der Waals surface area contributed by atoms with Gasteiger partial charge in [-0.25, -0.2) is 0 Å². The minimum Gasteiger partial charge on any atom is -0.350 e. The number of rotatable bonds is 3. The summed E-state index contributed by atoms with van der Waals surface area (Å²) in [7, 11) is 0. The Bertz CT molecular complexity index is 372. The Morgan fingerprint density at radius 1 is 1.62 bits per heavy atom. The molecule has 2 heterocycles. The molecule has 2 N–H and O–H groups in total. The van der Waals surface area contributed by atoms with Crippen molar-refractivity contribution in [2.24, 2.45) is 5.92 Å². The topological polar surface area (TPSA) is 54.0 Å². The Balaban J connectivity index is 1.84. The molecule has 4 nitrogen and oxygen atoms in total. The highest BCUT2D eigenvalue weighted by atomic mass is 16.1. The first-order chi connectivity index (χ1) is 7.75. The summed E-state index contributed by atoms with van der Waals surface area (Å²) < 4.78 is 0. The number of carbonyl (C=O) groups excluding carboxylic acids is 1. The van der Waals surface area contributed by atoms with Gasteiger partial charge in [-0.2, -0.15) is 0 Å². The number of pyridine rings is 1. The Labute approximate surface area is 95.5 Å². The third kappa shape index (κ3) is 2.79. The van der Waals surface area contributed by atoms with Gasteiger partial charge < -0.3 is 10.6 Å². The van der Waals surface area contributed by atoms with Gasteiger partial charge in [-0.3, -0.25) is 9.78 Å². The van der Waals surface area contributed by atoms with E-state index in [1.807, 2.05) is 25.1 Å². The van der Waals surface area contributed by atoms with Gasteiger partial charge in [0.25, 0.3) is 0 Å². The number of hydrogen-bond donors (Lipinski definition) is 2. The summed E-state index contributed by atoms with van der Waals surface area (Å²) in [6.45, 7) is 4.22. The predicted octanol–water partition coefficient (Wildman–Crippen LogP) is 0.616. The fraction of sp³-hybridized carbons (Fsp3) is 0.500. The second kappa shape index (κ2) is 5.07. The van der Waals surface area contributed by atoms with Gasteiger partial charge >= 0.3 is 0 Å². The lowest BCUT2D eigenvalue weighted by atomic mass is 10.1. The minimum absolute atomic E-state index is 0.129. The van der Waals surface area contributed by atoms with Crippen LogP contribution in [-0.2, 0) is 11.3 Å². The van der Waals surface area contributed by atoms with E-state index >= 15 is 0 Å². The molecule has 1 unspecified atom stereocenters. The smallest absolute Gasteiger partial charge is 0.224 e. The van der Waals surface area contributed by atoms with Crippen LogP contribution in [0.5, 0.6) is 0 Å². The van der Waals surface area contributed by atoms with Gasteiger partial charge in [0.15, 0.2) is 0 Å².